The molecule has 6 heteroatoms. The van der Waals surface area contributed by atoms with Crippen LogP contribution in [0.25, 0.3) is 0 Å². The Hall–Kier alpha value is 0.0169. The van der Waals surface area contributed by atoms with E-state index in [9.17, 15) is 0 Å². The summed E-state index contributed by atoms with van der Waals surface area (Å²) in [6.45, 7) is 4.16. The second kappa shape index (κ2) is 9.57. The first kappa shape index (κ1) is 14.0. The Morgan fingerprint density at radius 2 is 2.00 bits per heavy atom. The Balaban J connectivity index is 3.59. The Bertz CT molecular complexity index is 125. The van der Waals surface area contributed by atoms with Gasteiger partial charge in [-0.25, -0.2) is 0 Å². The third-order valence-electron chi connectivity index (χ3n) is 1.81. The monoisotopic (exact) mass is 221 g/mol. The second-order valence-corrected chi connectivity index (χ2v) is 4.42. The highest BCUT2D eigenvalue weighted by molar-refractivity contribution is 6.36. The zero-order valence-corrected chi connectivity index (χ0v) is 10.2. The molecule has 1 atom stereocenters. The van der Waals surface area contributed by atoms with Crippen molar-refractivity contribution in [2.75, 3.05) is 33.9 Å². The highest BCUT2D eigenvalue weighted by Gasteiger charge is 2.17. The SMILES string of the molecule is CCC(CO[Si](OC)OC)NCCN. The Morgan fingerprint density at radius 1 is 1.36 bits per heavy atom. The average molecular weight is 221 g/mol. The van der Waals surface area contributed by atoms with Crippen molar-refractivity contribution in [2.24, 2.45) is 5.73 Å². The average Bonchev–Trinajstić information content (AvgIpc) is 2.23. The maximum atomic E-state index is 5.44. The van der Waals surface area contributed by atoms with Gasteiger partial charge in [-0.2, -0.15) is 0 Å². The smallest absolute Gasteiger partial charge is 0.375 e. The summed E-state index contributed by atoms with van der Waals surface area (Å²) in [6.07, 6.45) is 1.00. The summed E-state index contributed by atoms with van der Waals surface area (Å²) in [5, 5.41) is 3.28. The molecular formula is C8H21N2O3Si. The summed E-state index contributed by atoms with van der Waals surface area (Å²) < 4.78 is 15.5. The lowest BCUT2D eigenvalue weighted by Gasteiger charge is -2.18. The van der Waals surface area contributed by atoms with Gasteiger partial charge in [-0.3, -0.25) is 0 Å². The normalized spacial score (nSPS) is 13.5. The van der Waals surface area contributed by atoms with Crippen LogP contribution in [0.3, 0.4) is 0 Å². The highest BCUT2D eigenvalue weighted by Crippen LogP contribution is 1.95. The van der Waals surface area contributed by atoms with Gasteiger partial charge in [-0.05, 0) is 6.42 Å². The van der Waals surface area contributed by atoms with Crippen molar-refractivity contribution < 1.29 is 13.3 Å². The van der Waals surface area contributed by atoms with Crippen molar-refractivity contribution in [1.29, 1.82) is 0 Å². The zero-order chi connectivity index (χ0) is 10.8. The third-order valence-corrected chi connectivity index (χ3v) is 2.87. The van der Waals surface area contributed by atoms with E-state index in [4.69, 9.17) is 19.0 Å². The van der Waals surface area contributed by atoms with Crippen LogP contribution in [-0.2, 0) is 13.3 Å². The van der Waals surface area contributed by atoms with Crippen molar-refractivity contribution in [1.82, 2.24) is 5.32 Å². The van der Waals surface area contributed by atoms with Crippen LogP contribution >= 0.6 is 0 Å². The lowest BCUT2D eigenvalue weighted by Crippen LogP contribution is -2.39. The number of rotatable bonds is 9. The third kappa shape index (κ3) is 6.47. The fourth-order valence-corrected chi connectivity index (χ4v) is 1.72. The number of nitrogens with one attached hydrogen (secondary N) is 1. The standard InChI is InChI=1S/C8H21N2O3Si/c1-4-8(10-6-5-9)7-13-14(11-2)12-3/h8,10H,4-7,9H2,1-3H3. The molecule has 0 fully saturated rings. The van der Waals surface area contributed by atoms with Crippen molar-refractivity contribution in [3.05, 3.63) is 0 Å². The van der Waals surface area contributed by atoms with Crippen LogP contribution in [0.15, 0.2) is 0 Å². The van der Waals surface area contributed by atoms with Gasteiger partial charge in [-0.15, -0.1) is 0 Å². The van der Waals surface area contributed by atoms with Gasteiger partial charge in [0.1, 0.15) is 0 Å². The predicted octanol–water partition coefficient (Wildman–Crippen LogP) is -0.392. The molecule has 0 aliphatic heterocycles. The molecule has 0 aromatic rings. The van der Waals surface area contributed by atoms with Crippen molar-refractivity contribution in [3.8, 4) is 0 Å². The predicted molar refractivity (Wildman–Crippen MR) is 56.9 cm³/mol. The van der Waals surface area contributed by atoms with E-state index in [1.807, 2.05) is 0 Å². The molecule has 0 aromatic carbocycles. The van der Waals surface area contributed by atoms with Gasteiger partial charge >= 0.3 is 9.53 Å². The summed E-state index contributed by atoms with van der Waals surface area (Å²) in [6, 6.07) is 0.323. The molecule has 3 N–H and O–H groups in total. The first-order valence-electron chi connectivity index (χ1n) is 4.79. The molecule has 0 aliphatic rings. The van der Waals surface area contributed by atoms with Gasteiger partial charge in [-0.1, -0.05) is 6.92 Å². The lowest BCUT2D eigenvalue weighted by atomic mass is 10.2. The number of nitrogens with two attached hydrogens (primary N) is 1. The Labute approximate surface area is 87.9 Å². The molecule has 14 heavy (non-hydrogen) atoms. The second-order valence-electron chi connectivity index (χ2n) is 2.82. The molecule has 0 saturated carbocycles. The highest BCUT2D eigenvalue weighted by atomic mass is 28.3. The molecule has 0 spiro atoms. The van der Waals surface area contributed by atoms with E-state index < -0.39 is 9.53 Å². The van der Waals surface area contributed by atoms with Crippen LogP contribution in [0.4, 0.5) is 0 Å². The van der Waals surface area contributed by atoms with Crippen LogP contribution in [0.1, 0.15) is 13.3 Å². The molecule has 0 saturated heterocycles. The molecule has 5 nitrogen and oxygen atoms in total. The summed E-state index contributed by atoms with van der Waals surface area (Å²) >= 11 is 0. The maximum Gasteiger partial charge on any atom is 0.577 e. The van der Waals surface area contributed by atoms with Gasteiger partial charge in [0.15, 0.2) is 0 Å². The van der Waals surface area contributed by atoms with Gasteiger partial charge in [0.05, 0.1) is 6.61 Å². The van der Waals surface area contributed by atoms with Gasteiger partial charge in [0, 0.05) is 33.4 Å². The molecule has 1 radical (unpaired) electrons. The molecular weight excluding hydrogens is 200 g/mol. The minimum Gasteiger partial charge on any atom is -0.375 e. The minimum atomic E-state index is -1.52. The molecule has 0 aliphatic carbocycles. The molecule has 1 unspecified atom stereocenters. The quantitative estimate of drug-likeness (QED) is 0.519. The fraction of sp³-hybridized carbons (Fsp3) is 1.00. The van der Waals surface area contributed by atoms with Crippen LogP contribution in [0.5, 0.6) is 0 Å². The molecule has 0 bridgehead atoms. The van der Waals surface area contributed by atoms with Gasteiger partial charge in [0.2, 0.25) is 0 Å². The van der Waals surface area contributed by atoms with E-state index in [2.05, 4.69) is 12.2 Å². The van der Waals surface area contributed by atoms with E-state index >= 15 is 0 Å². The summed E-state index contributed by atoms with van der Waals surface area (Å²) in [4.78, 5) is 0. The molecule has 85 valence electrons. The molecule has 0 rings (SSSR count). The summed E-state index contributed by atoms with van der Waals surface area (Å²) in [7, 11) is 1.65. The molecule has 0 aromatic heterocycles. The lowest BCUT2D eigenvalue weighted by molar-refractivity contribution is 0.122. The Morgan fingerprint density at radius 3 is 2.43 bits per heavy atom. The topological polar surface area (TPSA) is 65.7 Å². The van der Waals surface area contributed by atoms with Crippen molar-refractivity contribution in [2.45, 2.75) is 19.4 Å². The van der Waals surface area contributed by atoms with Crippen molar-refractivity contribution >= 4 is 9.53 Å². The maximum absolute atomic E-state index is 5.44. The first-order chi connectivity index (χ1) is 6.78. The van der Waals surface area contributed by atoms with E-state index in [1.54, 1.807) is 14.2 Å². The van der Waals surface area contributed by atoms with E-state index in [1.165, 1.54) is 0 Å². The van der Waals surface area contributed by atoms with E-state index in [-0.39, 0.29) is 0 Å². The molecule has 0 heterocycles. The fourth-order valence-electron chi connectivity index (χ4n) is 0.978. The zero-order valence-electron chi connectivity index (χ0n) is 9.21. The largest absolute Gasteiger partial charge is 0.577 e. The molecule has 0 amide bonds. The van der Waals surface area contributed by atoms with E-state index in [0.29, 0.717) is 19.2 Å². The van der Waals surface area contributed by atoms with Crippen molar-refractivity contribution in [3.63, 3.8) is 0 Å². The number of hydrogen-bond donors (Lipinski definition) is 2. The summed E-state index contributed by atoms with van der Waals surface area (Å²) in [5.41, 5.74) is 5.39. The van der Waals surface area contributed by atoms with Crippen LogP contribution in [-0.4, -0.2) is 49.5 Å². The van der Waals surface area contributed by atoms with Crippen LogP contribution in [0.2, 0.25) is 0 Å². The number of hydrogen-bond acceptors (Lipinski definition) is 5. The minimum absolute atomic E-state index is 0.323. The first-order valence-corrected chi connectivity index (χ1v) is 6.02. The van der Waals surface area contributed by atoms with Crippen LogP contribution < -0.4 is 11.1 Å². The van der Waals surface area contributed by atoms with Crippen LogP contribution in [0, 0.1) is 0 Å². The van der Waals surface area contributed by atoms with E-state index in [0.717, 1.165) is 13.0 Å². The van der Waals surface area contributed by atoms with Gasteiger partial charge < -0.3 is 24.3 Å². The summed E-state index contributed by atoms with van der Waals surface area (Å²) in [5.74, 6) is 0. The Kier molecular flexibility index (Phi) is 9.58. The van der Waals surface area contributed by atoms with Gasteiger partial charge in [0.25, 0.3) is 0 Å².